The zero-order valence-corrected chi connectivity index (χ0v) is 19.9. The van der Waals surface area contributed by atoms with Gasteiger partial charge in [0.25, 0.3) is 0 Å². The number of ether oxygens (including phenoxy) is 1. The molecule has 9 nitrogen and oxygen atoms in total. The molecule has 1 aromatic heterocycles. The SMILES string of the molecule is COc1ccc(-n2nc(C3CCCN(Cc4ccc(S(=O)(=O)N(C)C)cc4)C3)[nH]c2=O)cc1. The second-order valence-electron chi connectivity index (χ2n) is 8.43. The summed E-state index contributed by atoms with van der Waals surface area (Å²) in [4.78, 5) is 18.0. The number of methoxy groups -OCH3 is 1. The van der Waals surface area contributed by atoms with Gasteiger partial charge in [-0.1, -0.05) is 12.1 Å². The fourth-order valence-electron chi connectivity index (χ4n) is 4.08. The summed E-state index contributed by atoms with van der Waals surface area (Å²) >= 11 is 0. The Morgan fingerprint density at radius 2 is 1.82 bits per heavy atom. The molecule has 1 aliphatic rings. The highest BCUT2D eigenvalue weighted by molar-refractivity contribution is 7.89. The van der Waals surface area contributed by atoms with E-state index in [-0.39, 0.29) is 16.5 Å². The van der Waals surface area contributed by atoms with Crippen molar-refractivity contribution in [3.8, 4) is 11.4 Å². The van der Waals surface area contributed by atoms with Crippen molar-refractivity contribution in [2.24, 2.45) is 0 Å². The lowest BCUT2D eigenvalue weighted by atomic mass is 9.97. The number of hydrogen-bond acceptors (Lipinski definition) is 6. The fourth-order valence-corrected chi connectivity index (χ4v) is 4.98. The van der Waals surface area contributed by atoms with Gasteiger partial charge in [0.1, 0.15) is 11.6 Å². The van der Waals surface area contributed by atoms with Crippen LogP contribution in [0.2, 0.25) is 0 Å². The van der Waals surface area contributed by atoms with Crippen molar-refractivity contribution in [2.75, 3.05) is 34.3 Å². The zero-order chi connectivity index (χ0) is 23.6. The second-order valence-corrected chi connectivity index (χ2v) is 10.6. The molecule has 1 unspecified atom stereocenters. The van der Waals surface area contributed by atoms with Gasteiger partial charge in [0.05, 0.1) is 17.7 Å². The maximum absolute atomic E-state index is 12.5. The molecule has 1 atom stereocenters. The van der Waals surface area contributed by atoms with E-state index in [1.807, 2.05) is 12.1 Å². The smallest absolute Gasteiger partial charge is 0.348 e. The maximum Gasteiger partial charge on any atom is 0.348 e. The molecule has 0 aliphatic carbocycles. The first-order valence-corrected chi connectivity index (χ1v) is 12.3. The van der Waals surface area contributed by atoms with Gasteiger partial charge in [-0.3, -0.25) is 9.88 Å². The normalized spacial score (nSPS) is 17.4. The number of nitrogens with one attached hydrogen (secondary N) is 1. The van der Waals surface area contributed by atoms with Crippen LogP contribution in [0.15, 0.2) is 58.2 Å². The largest absolute Gasteiger partial charge is 0.497 e. The van der Waals surface area contributed by atoms with Crippen LogP contribution in [0.4, 0.5) is 0 Å². The Balaban J connectivity index is 1.45. The molecule has 0 radical (unpaired) electrons. The van der Waals surface area contributed by atoms with Gasteiger partial charge in [0.2, 0.25) is 10.0 Å². The van der Waals surface area contributed by atoms with Gasteiger partial charge in [0.15, 0.2) is 0 Å². The molecule has 2 aromatic carbocycles. The minimum Gasteiger partial charge on any atom is -0.497 e. The summed E-state index contributed by atoms with van der Waals surface area (Å²) in [5.74, 6) is 1.53. The van der Waals surface area contributed by atoms with Crippen LogP contribution in [0.3, 0.4) is 0 Å². The van der Waals surface area contributed by atoms with E-state index in [1.54, 1.807) is 43.5 Å². The molecule has 1 aliphatic heterocycles. The molecule has 1 saturated heterocycles. The Morgan fingerprint density at radius 1 is 1.12 bits per heavy atom. The van der Waals surface area contributed by atoms with Crippen LogP contribution in [0.5, 0.6) is 5.75 Å². The van der Waals surface area contributed by atoms with Crippen LogP contribution >= 0.6 is 0 Å². The fraction of sp³-hybridized carbons (Fsp3) is 0.391. The highest BCUT2D eigenvalue weighted by Gasteiger charge is 2.25. The van der Waals surface area contributed by atoms with Crippen molar-refractivity contribution in [3.63, 3.8) is 0 Å². The Hall–Kier alpha value is -2.95. The number of likely N-dealkylation sites (tertiary alicyclic amines) is 1. The van der Waals surface area contributed by atoms with Crippen LogP contribution in [-0.2, 0) is 16.6 Å². The predicted molar refractivity (Wildman–Crippen MR) is 125 cm³/mol. The number of piperidine rings is 1. The summed E-state index contributed by atoms with van der Waals surface area (Å²) in [5, 5.41) is 4.57. The predicted octanol–water partition coefficient (Wildman–Crippen LogP) is 2.20. The third-order valence-electron chi connectivity index (χ3n) is 5.95. The first-order chi connectivity index (χ1) is 15.8. The van der Waals surface area contributed by atoms with Gasteiger partial charge < -0.3 is 4.74 Å². The first-order valence-electron chi connectivity index (χ1n) is 10.9. The standard InChI is InChI=1S/C23H29N5O4S/c1-26(2)33(30,31)21-12-6-17(7-13-21)15-27-14-4-5-18(16-27)22-24-23(29)28(25-22)19-8-10-20(32-3)11-9-19/h6-13,18H,4-5,14-16H2,1-3H3,(H,24,25,29). The van der Waals surface area contributed by atoms with E-state index in [9.17, 15) is 13.2 Å². The number of sulfonamides is 1. The van der Waals surface area contributed by atoms with Crippen LogP contribution in [0.1, 0.15) is 30.1 Å². The number of rotatable bonds is 7. The molecular formula is C23H29N5O4S. The van der Waals surface area contributed by atoms with Gasteiger partial charge in [-0.05, 0) is 61.3 Å². The summed E-state index contributed by atoms with van der Waals surface area (Å²) < 4.78 is 32.3. The molecule has 1 N–H and O–H groups in total. The molecule has 2 heterocycles. The van der Waals surface area contributed by atoms with Crippen molar-refractivity contribution in [1.82, 2.24) is 24.0 Å². The number of nitrogens with zero attached hydrogens (tertiary/aromatic N) is 4. The molecule has 4 rings (SSSR count). The molecule has 0 amide bonds. The summed E-state index contributed by atoms with van der Waals surface area (Å²) in [6.45, 7) is 2.42. The van der Waals surface area contributed by atoms with Crippen molar-refractivity contribution in [3.05, 3.63) is 70.4 Å². The van der Waals surface area contributed by atoms with Gasteiger partial charge in [-0.25, -0.2) is 17.5 Å². The Morgan fingerprint density at radius 3 is 2.45 bits per heavy atom. The van der Waals surface area contributed by atoms with Crippen LogP contribution in [0, 0.1) is 0 Å². The number of aromatic amines is 1. The minimum absolute atomic E-state index is 0.124. The van der Waals surface area contributed by atoms with E-state index >= 15 is 0 Å². The molecule has 1 fully saturated rings. The van der Waals surface area contributed by atoms with Crippen LogP contribution in [-0.4, -0.2) is 66.7 Å². The van der Waals surface area contributed by atoms with E-state index in [2.05, 4.69) is 15.0 Å². The maximum atomic E-state index is 12.5. The highest BCUT2D eigenvalue weighted by Crippen LogP contribution is 2.26. The average Bonchev–Trinajstić information content (AvgIpc) is 3.21. The Bertz CT molecular complexity index is 1250. The lowest BCUT2D eigenvalue weighted by Crippen LogP contribution is -2.34. The number of hydrogen-bond donors (Lipinski definition) is 1. The molecule has 0 bridgehead atoms. The summed E-state index contributed by atoms with van der Waals surface area (Å²) in [7, 11) is 1.22. The van der Waals surface area contributed by atoms with Gasteiger partial charge in [-0.2, -0.15) is 4.68 Å². The second kappa shape index (κ2) is 9.50. The monoisotopic (exact) mass is 471 g/mol. The topological polar surface area (TPSA) is 101 Å². The number of aromatic nitrogens is 3. The van der Waals surface area contributed by atoms with E-state index in [4.69, 9.17) is 4.74 Å². The van der Waals surface area contributed by atoms with Gasteiger partial charge in [-0.15, -0.1) is 5.10 Å². The Kier molecular flexibility index (Phi) is 6.68. The van der Waals surface area contributed by atoms with Gasteiger partial charge >= 0.3 is 5.69 Å². The van der Waals surface area contributed by atoms with Crippen molar-refractivity contribution >= 4 is 10.0 Å². The average molecular weight is 472 g/mol. The van der Waals surface area contributed by atoms with Gasteiger partial charge in [0, 0.05) is 33.1 Å². The van der Waals surface area contributed by atoms with Crippen molar-refractivity contribution in [2.45, 2.75) is 30.2 Å². The zero-order valence-electron chi connectivity index (χ0n) is 19.1. The third-order valence-corrected chi connectivity index (χ3v) is 7.78. The van der Waals surface area contributed by atoms with E-state index in [0.717, 1.165) is 37.2 Å². The van der Waals surface area contributed by atoms with Crippen LogP contribution < -0.4 is 10.4 Å². The van der Waals surface area contributed by atoms with Crippen molar-refractivity contribution < 1.29 is 13.2 Å². The van der Waals surface area contributed by atoms with E-state index in [1.165, 1.54) is 23.1 Å². The summed E-state index contributed by atoms with van der Waals surface area (Å²) in [6, 6.07) is 14.2. The van der Waals surface area contributed by atoms with E-state index in [0.29, 0.717) is 18.1 Å². The molecule has 3 aromatic rings. The molecule has 176 valence electrons. The quantitative estimate of drug-likeness (QED) is 0.567. The summed E-state index contributed by atoms with van der Waals surface area (Å²) in [5.41, 5.74) is 1.47. The Labute approximate surface area is 193 Å². The lowest BCUT2D eigenvalue weighted by molar-refractivity contribution is 0.196. The first kappa shape index (κ1) is 23.2. The molecule has 0 saturated carbocycles. The van der Waals surface area contributed by atoms with E-state index < -0.39 is 10.0 Å². The lowest BCUT2D eigenvalue weighted by Gasteiger charge is -2.31. The molecule has 0 spiro atoms. The van der Waals surface area contributed by atoms with Crippen LogP contribution in [0.25, 0.3) is 5.69 Å². The highest BCUT2D eigenvalue weighted by atomic mass is 32.2. The minimum atomic E-state index is -3.43. The molecule has 10 heteroatoms. The number of benzene rings is 2. The van der Waals surface area contributed by atoms with Crippen molar-refractivity contribution in [1.29, 1.82) is 0 Å². The third kappa shape index (κ3) is 5.02. The molecular weight excluding hydrogens is 442 g/mol. The summed E-state index contributed by atoms with van der Waals surface area (Å²) in [6.07, 6.45) is 1.95. The molecule has 33 heavy (non-hydrogen) atoms. The number of H-pyrrole nitrogens is 1.